The Morgan fingerprint density at radius 2 is 1.96 bits per heavy atom. The van der Waals surface area contributed by atoms with Crippen LogP contribution >= 0.6 is 0 Å². The molecule has 7 nitrogen and oxygen atoms in total. The van der Waals surface area contributed by atoms with Crippen LogP contribution in [-0.2, 0) is 4.79 Å². The van der Waals surface area contributed by atoms with E-state index in [4.69, 9.17) is 4.42 Å². The topological polar surface area (TPSA) is 73.1 Å². The zero-order valence-electron chi connectivity index (χ0n) is 14.5. The Labute approximate surface area is 146 Å². The number of benzene rings is 1. The first-order valence-electron chi connectivity index (χ1n) is 8.88. The normalized spacial score (nSPS) is 25.5. The van der Waals surface area contributed by atoms with E-state index in [1.165, 1.54) is 0 Å². The lowest BCUT2D eigenvalue weighted by Gasteiger charge is -2.39. The summed E-state index contributed by atoms with van der Waals surface area (Å²) in [5.41, 5.74) is 1.63. The van der Waals surface area contributed by atoms with Crippen molar-refractivity contribution in [1.82, 2.24) is 14.8 Å². The van der Waals surface area contributed by atoms with Gasteiger partial charge in [0.15, 0.2) is 5.58 Å². The van der Waals surface area contributed by atoms with E-state index in [0.717, 1.165) is 17.6 Å². The summed E-state index contributed by atoms with van der Waals surface area (Å²) < 4.78 is 5.82. The molecule has 0 radical (unpaired) electrons. The number of fused-ring (bicyclic) bond motifs is 1. The minimum absolute atomic E-state index is 0.0660. The van der Waals surface area contributed by atoms with Gasteiger partial charge in [0.2, 0.25) is 5.91 Å². The summed E-state index contributed by atoms with van der Waals surface area (Å²) in [5, 5.41) is 10.2. The lowest BCUT2D eigenvalue weighted by molar-refractivity contribution is -0.142. The first kappa shape index (κ1) is 16.4. The van der Waals surface area contributed by atoms with E-state index in [0.29, 0.717) is 45.2 Å². The number of aliphatic hydroxyl groups is 1. The number of anilines is 1. The van der Waals surface area contributed by atoms with Gasteiger partial charge in [-0.25, -0.2) is 0 Å². The van der Waals surface area contributed by atoms with Gasteiger partial charge in [-0.05, 0) is 25.6 Å². The van der Waals surface area contributed by atoms with Crippen LogP contribution < -0.4 is 4.90 Å². The van der Waals surface area contributed by atoms with Gasteiger partial charge in [-0.1, -0.05) is 12.1 Å². The molecular formula is C18H24N4O3. The number of oxazole rings is 1. The average molecular weight is 344 g/mol. The SMILES string of the molecule is CN1CC[C@H](O)[C@@H](C(=O)N2CCN(c3nc4ccccc4o3)CC2)C1. The number of hydrogen-bond donors (Lipinski definition) is 1. The molecule has 2 atom stereocenters. The second-order valence-electron chi connectivity index (χ2n) is 7.00. The second-order valence-corrected chi connectivity index (χ2v) is 7.00. The van der Waals surface area contributed by atoms with Crippen molar-refractivity contribution >= 4 is 23.0 Å². The maximum Gasteiger partial charge on any atom is 0.298 e. The number of hydrogen-bond acceptors (Lipinski definition) is 6. The Balaban J connectivity index is 1.40. The summed E-state index contributed by atoms with van der Waals surface area (Å²) in [7, 11) is 2.00. The molecule has 0 bridgehead atoms. The maximum absolute atomic E-state index is 12.8. The number of piperazine rings is 1. The summed E-state index contributed by atoms with van der Waals surface area (Å²) in [6.45, 7) is 4.12. The molecule has 1 amide bonds. The Bertz CT molecular complexity index is 721. The molecule has 0 unspecified atom stereocenters. The summed E-state index contributed by atoms with van der Waals surface area (Å²) in [4.78, 5) is 23.4. The Kier molecular flexibility index (Phi) is 4.35. The van der Waals surface area contributed by atoms with Crippen molar-refractivity contribution in [3.05, 3.63) is 24.3 Å². The third-order valence-corrected chi connectivity index (χ3v) is 5.24. The van der Waals surface area contributed by atoms with Crippen molar-refractivity contribution < 1.29 is 14.3 Å². The summed E-state index contributed by atoms with van der Waals surface area (Å²) in [6.07, 6.45) is 0.134. The predicted octanol–water partition coefficient (Wildman–Crippen LogP) is 0.789. The van der Waals surface area contributed by atoms with Crippen LogP contribution in [0, 0.1) is 5.92 Å². The first-order chi connectivity index (χ1) is 12.1. The van der Waals surface area contributed by atoms with Gasteiger partial charge >= 0.3 is 0 Å². The molecule has 2 aliphatic heterocycles. The van der Waals surface area contributed by atoms with E-state index >= 15 is 0 Å². The van der Waals surface area contributed by atoms with E-state index in [1.807, 2.05) is 36.2 Å². The molecule has 0 spiro atoms. The highest BCUT2D eigenvalue weighted by Gasteiger charge is 2.36. The highest BCUT2D eigenvalue weighted by Crippen LogP contribution is 2.24. The molecule has 7 heteroatoms. The summed E-state index contributed by atoms with van der Waals surface area (Å²) in [6, 6.07) is 8.33. The number of nitrogens with zero attached hydrogens (tertiary/aromatic N) is 4. The molecule has 1 N–H and O–H groups in total. The first-order valence-corrected chi connectivity index (χ1v) is 8.88. The number of para-hydroxylation sites is 2. The van der Waals surface area contributed by atoms with Crippen LogP contribution in [0.25, 0.3) is 11.1 Å². The fraction of sp³-hybridized carbons (Fsp3) is 0.556. The molecule has 0 saturated carbocycles. The Morgan fingerprint density at radius 3 is 2.72 bits per heavy atom. The van der Waals surface area contributed by atoms with Gasteiger partial charge in [0.25, 0.3) is 6.01 Å². The number of rotatable bonds is 2. The summed E-state index contributed by atoms with van der Waals surface area (Å²) in [5.74, 6) is -0.245. The fourth-order valence-corrected chi connectivity index (χ4v) is 3.69. The van der Waals surface area contributed by atoms with Gasteiger partial charge in [-0.15, -0.1) is 0 Å². The number of aromatic nitrogens is 1. The van der Waals surface area contributed by atoms with Gasteiger partial charge in [-0.3, -0.25) is 4.79 Å². The van der Waals surface area contributed by atoms with Gasteiger partial charge in [-0.2, -0.15) is 4.98 Å². The van der Waals surface area contributed by atoms with E-state index in [9.17, 15) is 9.90 Å². The van der Waals surface area contributed by atoms with Crippen LogP contribution in [0.4, 0.5) is 6.01 Å². The van der Waals surface area contributed by atoms with Crippen LogP contribution in [0.5, 0.6) is 0 Å². The maximum atomic E-state index is 12.8. The smallest absolute Gasteiger partial charge is 0.298 e. The van der Waals surface area contributed by atoms with E-state index in [1.54, 1.807) is 0 Å². The van der Waals surface area contributed by atoms with Crippen molar-refractivity contribution in [2.24, 2.45) is 5.92 Å². The largest absolute Gasteiger partial charge is 0.423 e. The minimum atomic E-state index is -0.529. The highest BCUT2D eigenvalue weighted by atomic mass is 16.4. The fourth-order valence-electron chi connectivity index (χ4n) is 3.69. The van der Waals surface area contributed by atoms with Crippen molar-refractivity contribution in [2.45, 2.75) is 12.5 Å². The lowest BCUT2D eigenvalue weighted by Crippen LogP contribution is -2.55. The zero-order chi connectivity index (χ0) is 17.4. The zero-order valence-corrected chi connectivity index (χ0v) is 14.5. The van der Waals surface area contributed by atoms with E-state index in [2.05, 4.69) is 14.8 Å². The van der Waals surface area contributed by atoms with Crippen LogP contribution in [0.15, 0.2) is 28.7 Å². The number of carbonyl (C=O) groups is 1. The third kappa shape index (κ3) is 3.21. The molecule has 4 rings (SSSR count). The van der Waals surface area contributed by atoms with Gasteiger partial charge < -0.3 is 24.2 Å². The molecular weight excluding hydrogens is 320 g/mol. The molecule has 1 aromatic carbocycles. The molecule has 25 heavy (non-hydrogen) atoms. The predicted molar refractivity (Wildman–Crippen MR) is 94.4 cm³/mol. The number of amides is 1. The second kappa shape index (κ2) is 6.65. The van der Waals surface area contributed by atoms with Gasteiger partial charge in [0, 0.05) is 39.3 Å². The molecule has 1 aromatic heterocycles. The Hall–Kier alpha value is -2.12. The van der Waals surface area contributed by atoms with Crippen molar-refractivity contribution in [1.29, 1.82) is 0 Å². The number of carbonyl (C=O) groups excluding carboxylic acids is 1. The molecule has 2 aliphatic rings. The molecule has 2 fully saturated rings. The van der Waals surface area contributed by atoms with Gasteiger partial charge in [0.1, 0.15) is 5.52 Å². The quantitative estimate of drug-likeness (QED) is 0.868. The third-order valence-electron chi connectivity index (χ3n) is 5.24. The average Bonchev–Trinajstić information content (AvgIpc) is 3.07. The number of piperidine rings is 1. The standard InChI is InChI=1S/C18H24N4O3/c1-20-7-6-15(23)13(12-20)17(24)21-8-10-22(11-9-21)18-19-14-4-2-3-5-16(14)25-18/h2-5,13,15,23H,6-12H2,1H3/t13-,15-/m0/s1. The van der Waals surface area contributed by atoms with E-state index in [-0.39, 0.29) is 11.8 Å². The molecule has 2 aromatic rings. The van der Waals surface area contributed by atoms with Crippen LogP contribution in [0.3, 0.4) is 0 Å². The van der Waals surface area contributed by atoms with Crippen molar-refractivity contribution in [3.8, 4) is 0 Å². The van der Waals surface area contributed by atoms with Crippen LogP contribution in [0.2, 0.25) is 0 Å². The number of aliphatic hydroxyl groups excluding tert-OH is 1. The van der Waals surface area contributed by atoms with E-state index < -0.39 is 6.10 Å². The van der Waals surface area contributed by atoms with Crippen LogP contribution in [-0.4, -0.2) is 78.2 Å². The summed E-state index contributed by atoms with van der Waals surface area (Å²) >= 11 is 0. The lowest BCUT2D eigenvalue weighted by atomic mass is 9.93. The van der Waals surface area contributed by atoms with Crippen molar-refractivity contribution in [3.63, 3.8) is 0 Å². The molecule has 0 aliphatic carbocycles. The van der Waals surface area contributed by atoms with Crippen molar-refractivity contribution in [2.75, 3.05) is 51.2 Å². The molecule has 3 heterocycles. The Morgan fingerprint density at radius 1 is 1.20 bits per heavy atom. The molecule has 134 valence electrons. The number of likely N-dealkylation sites (tertiary alicyclic amines) is 1. The van der Waals surface area contributed by atoms with Gasteiger partial charge in [0.05, 0.1) is 12.0 Å². The highest BCUT2D eigenvalue weighted by molar-refractivity contribution is 5.80. The monoisotopic (exact) mass is 344 g/mol. The molecule has 2 saturated heterocycles. The van der Waals surface area contributed by atoms with Crippen LogP contribution in [0.1, 0.15) is 6.42 Å². The minimum Gasteiger partial charge on any atom is -0.423 e.